The van der Waals surface area contributed by atoms with E-state index in [1.54, 1.807) is 0 Å². The lowest BCUT2D eigenvalue weighted by Crippen LogP contribution is -2.61. The lowest BCUT2D eigenvalue weighted by Gasteiger charge is -2.53. The number of benzene rings is 2. The molecule has 5 rings (SSSR count). The molecular formula is C31H38Cl2N4O2. The van der Waals surface area contributed by atoms with Gasteiger partial charge in [-0.15, -0.1) is 0 Å². The van der Waals surface area contributed by atoms with Gasteiger partial charge in [-0.2, -0.15) is 0 Å². The maximum atomic E-state index is 13.3. The Bertz CT molecular complexity index is 1240. The Morgan fingerprint density at radius 1 is 1.15 bits per heavy atom. The molecule has 3 aliphatic rings. The summed E-state index contributed by atoms with van der Waals surface area (Å²) in [6.45, 7) is 10.3. The summed E-state index contributed by atoms with van der Waals surface area (Å²) in [6.07, 6.45) is 6.12. The van der Waals surface area contributed by atoms with Crippen LogP contribution in [-0.2, 0) is 14.9 Å². The van der Waals surface area contributed by atoms with Gasteiger partial charge in [0.25, 0.3) is 0 Å². The maximum Gasteiger partial charge on any atom is 0.234 e. The number of amides is 1. The number of halogens is 2. The molecule has 8 heteroatoms. The fourth-order valence-corrected chi connectivity index (χ4v) is 7.09. The number of fused-ring (bicyclic) bond motifs is 2. The molecule has 0 radical (unpaired) electrons. The number of carbonyl (C=O) groups is 1. The molecule has 2 aromatic carbocycles. The van der Waals surface area contributed by atoms with Gasteiger partial charge >= 0.3 is 0 Å². The topological polar surface area (TPSA) is 57.2 Å². The van der Waals surface area contributed by atoms with E-state index in [1.807, 2.05) is 24.3 Å². The van der Waals surface area contributed by atoms with Gasteiger partial charge in [0.2, 0.25) is 5.91 Å². The molecule has 39 heavy (non-hydrogen) atoms. The summed E-state index contributed by atoms with van der Waals surface area (Å²) >= 11 is 12.9. The number of aliphatic imine (C=N–C) groups is 1. The van der Waals surface area contributed by atoms with E-state index in [1.165, 1.54) is 11.1 Å². The molecule has 2 saturated heterocycles. The number of ether oxygens (including phenoxy) is 1. The summed E-state index contributed by atoms with van der Waals surface area (Å²) in [4.78, 5) is 22.9. The van der Waals surface area contributed by atoms with Gasteiger partial charge in [0.1, 0.15) is 0 Å². The van der Waals surface area contributed by atoms with E-state index in [9.17, 15) is 4.79 Å². The van der Waals surface area contributed by atoms with Crippen LogP contribution in [0.1, 0.15) is 43.7 Å². The molecule has 2 fully saturated rings. The van der Waals surface area contributed by atoms with Gasteiger partial charge in [0.15, 0.2) is 0 Å². The Balaban J connectivity index is 1.47. The Morgan fingerprint density at radius 3 is 2.69 bits per heavy atom. The van der Waals surface area contributed by atoms with Crippen LogP contribution >= 0.6 is 23.2 Å². The fraction of sp³-hybridized carbons (Fsp3) is 0.484. The van der Waals surface area contributed by atoms with Crippen molar-refractivity contribution in [2.75, 3.05) is 52.5 Å². The van der Waals surface area contributed by atoms with Crippen molar-refractivity contribution in [1.82, 2.24) is 15.1 Å². The van der Waals surface area contributed by atoms with E-state index >= 15 is 0 Å². The monoisotopic (exact) mass is 568 g/mol. The molecule has 0 bridgehead atoms. The van der Waals surface area contributed by atoms with Gasteiger partial charge in [-0.3, -0.25) is 19.6 Å². The van der Waals surface area contributed by atoms with Crippen LogP contribution in [-0.4, -0.2) is 80.4 Å². The minimum Gasteiger partial charge on any atom is -0.379 e. The molecule has 3 atom stereocenters. The van der Waals surface area contributed by atoms with Gasteiger partial charge in [-0.25, -0.2) is 0 Å². The first-order chi connectivity index (χ1) is 19.0. The highest BCUT2D eigenvalue weighted by Crippen LogP contribution is 2.55. The average molecular weight is 570 g/mol. The number of rotatable bonds is 8. The predicted octanol–water partition coefficient (Wildman–Crippen LogP) is 5.61. The van der Waals surface area contributed by atoms with E-state index in [4.69, 9.17) is 32.9 Å². The van der Waals surface area contributed by atoms with Crippen molar-refractivity contribution in [2.45, 2.75) is 44.1 Å². The van der Waals surface area contributed by atoms with Crippen LogP contribution in [0, 0.1) is 0 Å². The molecular weight excluding hydrogens is 531 g/mol. The largest absolute Gasteiger partial charge is 0.379 e. The second kappa shape index (κ2) is 12.5. The average Bonchev–Trinajstić information content (AvgIpc) is 3.29. The molecule has 1 N–H and O–H groups in total. The molecule has 208 valence electrons. The van der Waals surface area contributed by atoms with Crippen LogP contribution in [0.15, 0.2) is 59.1 Å². The van der Waals surface area contributed by atoms with Crippen LogP contribution in [0.25, 0.3) is 0 Å². The van der Waals surface area contributed by atoms with Crippen molar-refractivity contribution in [3.8, 4) is 0 Å². The molecule has 2 aromatic rings. The molecule has 6 nitrogen and oxygen atoms in total. The zero-order valence-electron chi connectivity index (χ0n) is 22.8. The summed E-state index contributed by atoms with van der Waals surface area (Å²) in [5.41, 5.74) is 4.12. The summed E-state index contributed by atoms with van der Waals surface area (Å²) in [6, 6.07) is 14.2. The van der Waals surface area contributed by atoms with Gasteiger partial charge in [0, 0.05) is 54.4 Å². The number of piperidine rings is 1. The number of carbonyl (C=O) groups excluding carboxylic acids is 1. The third-order valence-corrected chi connectivity index (χ3v) is 8.99. The van der Waals surface area contributed by atoms with Crippen molar-refractivity contribution < 1.29 is 9.53 Å². The van der Waals surface area contributed by atoms with Crippen LogP contribution in [0.3, 0.4) is 0 Å². The predicted molar refractivity (Wildman–Crippen MR) is 160 cm³/mol. The molecule has 1 spiro atoms. The number of nitrogens with one attached hydrogen (secondary N) is 1. The second-order valence-corrected chi connectivity index (χ2v) is 11.5. The van der Waals surface area contributed by atoms with Crippen LogP contribution in [0.5, 0.6) is 0 Å². The molecule has 1 amide bonds. The SMILES string of the molecule is CC=C(CC)[C@H]1N(CC(=O)NCCN2CCOCC2)CC[C@@H](c2cccc(Cl)c2)[C@]12C=Nc1cc(Cl)ccc12. The zero-order valence-corrected chi connectivity index (χ0v) is 24.3. The highest BCUT2D eigenvalue weighted by Gasteiger charge is 2.55. The molecule has 0 aliphatic carbocycles. The van der Waals surface area contributed by atoms with Gasteiger partial charge in [-0.1, -0.05) is 60.0 Å². The highest BCUT2D eigenvalue weighted by molar-refractivity contribution is 6.31. The lowest BCUT2D eigenvalue weighted by molar-refractivity contribution is -0.123. The number of morpholine rings is 1. The van der Waals surface area contributed by atoms with Crippen molar-refractivity contribution in [3.63, 3.8) is 0 Å². The standard InChI is InChI=1S/C31H38Cl2N4O2/c1-3-22(4-2)30-31(21-35-28-19-25(33)8-9-27(28)31)26(23-6-5-7-24(32)18-23)10-12-37(30)20-29(38)34-11-13-36-14-16-39-17-15-36/h3,5-9,18-19,21,26,30H,4,10-17,20H2,1-2H3,(H,34,38)/t26-,30+,31-/m0/s1. The Labute approximate surface area is 242 Å². The highest BCUT2D eigenvalue weighted by atomic mass is 35.5. The van der Waals surface area contributed by atoms with E-state index in [2.05, 4.69) is 59.5 Å². The number of likely N-dealkylation sites (tertiary alicyclic amines) is 1. The Hall–Kier alpha value is -2.22. The summed E-state index contributed by atoms with van der Waals surface area (Å²) in [7, 11) is 0. The van der Waals surface area contributed by atoms with Crippen molar-refractivity contribution in [3.05, 3.63) is 75.3 Å². The van der Waals surface area contributed by atoms with E-state index in [0.29, 0.717) is 18.1 Å². The number of nitrogens with zero attached hydrogens (tertiary/aromatic N) is 3. The minimum absolute atomic E-state index is 0.0265. The van der Waals surface area contributed by atoms with Crippen LogP contribution in [0.2, 0.25) is 10.0 Å². The Morgan fingerprint density at radius 2 is 1.95 bits per heavy atom. The summed E-state index contributed by atoms with van der Waals surface area (Å²) < 4.78 is 5.44. The number of hydrogen-bond acceptors (Lipinski definition) is 5. The maximum absolute atomic E-state index is 13.3. The molecule has 3 aliphatic heterocycles. The van der Waals surface area contributed by atoms with E-state index in [0.717, 1.165) is 68.5 Å². The lowest BCUT2D eigenvalue weighted by atomic mass is 9.59. The van der Waals surface area contributed by atoms with Crippen molar-refractivity contribution in [2.24, 2.45) is 4.99 Å². The number of hydrogen-bond donors (Lipinski definition) is 1. The first-order valence-corrected chi connectivity index (χ1v) is 14.8. The number of allylic oxidation sites excluding steroid dienone is 1. The molecule has 3 heterocycles. The van der Waals surface area contributed by atoms with Gasteiger partial charge in [-0.05, 0) is 61.7 Å². The third-order valence-electron chi connectivity index (χ3n) is 8.52. The smallest absolute Gasteiger partial charge is 0.234 e. The summed E-state index contributed by atoms with van der Waals surface area (Å²) in [5, 5.41) is 4.58. The third kappa shape index (κ3) is 5.82. The normalized spacial score (nSPS) is 25.7. The van der Waals surface area contributed by atoms with E-state index < -0.39 is 5.41 Å². The van der Waals surface area contributed by atoms with Crippen molar-refractivity contribution in [1.29, 1.82) is 0 Å². The quantitative estimate of drug-likeness (QED) is 0.420. The molecule has 0 saturated carbocycles. The summed E-state index contributed by atoms with van der Waals surface area (Å²) in [5.74, 6) is 0.206. The van der Waals surface area contributed by atoms with E-state index in [-0.39, 0.29) is 17.9 Å². The molecule has 0 aromatic heterocycles. The van der Waals surface area contributed by atoms with Crippen LogP contribution < -0.4 is 5.32 Å². The first-order valence-electron chi connectivity index (χ1n) is 14.0. The fourth-order valence-electron chi connectivity index (χ4n) is 6.73. The van der Waals surface area contributed by atoms with Gasteiger partial charge < -0.3 is 10.1 Å². The van der Waals surface area contributed by atoms with Crippen molar-refractivity contribution >= 4 is 41.0 Å². The zero-order chi connectivity index (χ0) is 27.4. The second-order valence-electron chi connectivity index (χ2n) is 10.6. The van der Waals surface area contributed by atoms with Crippen LogP contribution in [0.4, 0.5) is 5.69 Å². The molecule has 0 unspecified atom stereocenters. The van der Waals surface area contributed by atoms with Gasteiger partial charge in [0.05, 0.1) is 30.9 Å². The first kappa shape index (κ1) is 28.3. The Kier molecular flexibility index (Phi) is 9.09. The minimum atomic E-state index is -0.450.